The minimum absolute atomic E-state index is 0.0396. The van der Waals surface area contributed by atoms with Gasteiger partial charge in [0.05, 0.1) is 6.04 Å². The van der Waals surface area contributed by atoms with E-state index >= 15 is 0 Å². The zero-order valence-electron chi connectivity index (χ0n) is 13.4. The van der Waals surface area contributed by atoms with Crippen LogP contribution in [0.15, 0.2) is 30.5 Å². The Morgan fingerprint density at radius 3 is 2.83 bits per heavy atom. The average molecular weight is 315 g/mol. The summed E-state index contributed by atoms with van der Waals surface area (Å²) < 4.78 is 0. The molecule has 2 heterocycles. The first-order valence-electron chi connectivity index (χ1n) is 8.39. The van der Waals surface area contributed by atoms with Crippen molar-refractivity contribution in [2.24, 2.45) is 11.7 Å². The van der Waals surface area contributed by atoms with E-state index < -0.39 is 6.04 Å². The van der Waals surface area contributed by atoms with Crippen molar-refractivity contribution < 1.29 is 9.90 Å². The molecule has 0 spiro atoms. The minimum atomic E-state index is -0.497. The monoisotopic (exact) mass is 315 g/mol. The third-order valence-corrected chi connectivity index (χ3v) is 4.90. The van der Waals surface area contributed by atoms with E-state index in [0.717, 1.165) is 48.8 Å². The lowest BCUT2D eigenvalue weighted by Crippen LogP contribution is -2.48. The van der Waals surface area contributed by atoms with Crippen molar-refractivity contribution in [3.63, 3.8) is 0 Å². The number of aromatic nitrogens is 1. The Morgan fingerprint density at radius 1 is 1.35 bits per heavy atom. The molecule has 1 fully saturated rings. The molecule has 2 aromatic rings. The molecule has 0 unspecified atom stereocenters. The van der Waals surface area contributed by atoms with Gasteiger partial charge in [0.25, 0.3) is 0 Å². The molecule has 1 atom stereocenters. The maximum atomic E-state index is 12.6. The second kappa shape index (κ2) is 7.15. The topological polar surface area (TPSA) is 82.4 Å². The van der Waals surface area contributed by atoms with Gasteiger partial charge in [-0.1, -0.05) is 18.2 Å². The van der Waals surface area contributed by atoms with Crippen molar-refractivity contribution >= 4 is 16.8 Å². The SMILES string of the molecule is N[C@H](Cc1c[nH]c2ccccc12)C(=O)N1CCC(CCO)CC1. The van der Waals surface area contributed by atoms with Crippen LogP contribution in [0.3, 0.4) is 0 Å². The molecule has 3 rings (SSSR count). The van der Waals surface area contributed by atoms with Gasteiger partial charge in [0.15, 0.2) is 0 Å². The maximum absolute atomic E-state index is 12.6. The Bertz CT molecular complexity index is 659. The number of aliphatic hydroxyl groups is 1. The number of carbonyl (C=O) groups is 1. The molecular weight excluding hydrogens is 290 g/mol. The largest absolute Gasteiger partial charge is 0.396 e. The van der Waals surface area contributed by atoms with Crippen LogP contribution in [0.5, 0.6) is 0 Å². The molecule has 23 heavy (non-hydrogen) atoms. The summed E-state index contributed by atoms with van der Waals surface area (Å²) in [5.74, 6) is 0.576. The van der Waals surface area contributed by atoms with Gasteiger partial charge in [-0.3, -0.25) is 4.79 Å². The number of piperidine rings is 1. The molecule has 4 N–H and O–H groups in total. The highest BCUT2D eigenvalue weighted by Crippen LogP contribution is 2.22. The number of carbonyl (C=O) groups excluding carboxylic acids is 1. The highest BCUT2D eigenvalue weighted by Gasteiger charge is 2.26. The van der Waals surface area contributed by atoms with Gasteiger partial charge < -0.3 is 20.7 Å². The first kappa shape index (κ1) is 16.0. The van der Waals surface area contributed by atoms with Crippen LogP contribution in [0.25, 0.3) is 10.9 Å². The van der Waals surface area contributed by atoms with Crippen LogP contribution in [0.1, 0.15) is 24.8 Å². The average Bonchev–Trinajstić information content (AvgIpc) is 2.98. The number of nitrogens with one attached hydrogen (secondary N) is 1. The molecule has 0 aliphatic carbocycles. The lowest BCUT2D eigenvalue weighted by molar-refractivity contribution is -0.134. The Kier molecular flexibility index (Phi) is 4.98. The number of H-pyrrole nitrogens is 1. The highest BCUT2D eigenvalue weighted by atomic mass is 16.3. The Morgan fingerprint density at radius 2 is 2.09 bits per heavy atom. The first-order valence-corrected chi connectivity index (χ1v) is 8.39. The second-order valence-corrected chi connectivity index (χ2v) is 6.45. The van der Waals surface area contributed by atoms with E-state index in [2.05, 4.69) is 11.1 Å². The lowest BCUT2D eigenvalue weighted by Gasteiger charge is -2.33. The fraction of sp³-hybridized carbons (Fsp3) is 0.500. The quantitative estimate of drug-likeness (QED) is 0.785. The van der Waals surface area contributed by atoms with E-state index in [4.69, 9.17) is 10.8 Å². The van der Waals surface area contributed by atoms with Crippen molar-refractivity contribution in [3.8, 4) is 0 Å². The van der Waals surface area contributed by atoms with Crippen LogP contribution in [0.2, 0.25) is 0 Å². The molecule has 1 aliphatic heterocycles. The van der Waals surface area contributed by atoms with Gasteiger partial charge in [-0.2, -0.15) is 0 Å². The van der Waals surface area contributed by atoms with Crippen LogP contribution < -0.4 is 5.73 Å². The zero-order chi connectivity index (χ0) is 16.2. The van der Waals surface area contributed by atoms with Crippen molar-refractivity contribution in [2.45, 2.75) is 31.7 Å². The van der Waals surface area contributed by atoms with Gasteiger partial charge >= 0.3 is 0 Å². The van der Waals surface area contributed by atoms with Gasteiger partial charge in [0.2, 0.25) is 5.91 Å². The summed E-state index contributed by atoms with van der Waals surface area (Å²) in [7, 11) is 0. The number of benzene rings is 1. The fourth-order valence-corrected chi connectivity index (χ4v) is 3.48. The predicted molar refractivity (Wildman–Crippen MR) is 91.0 cm³/mol. The smallest absolute Gasteiger partial charge is 0.239 e. The molecule has 1 aromatic heterocycles. The molecule has 0 saturated carbocycles. The summed E-state index contributed by atoms with van der Waals surface area (Å²) >= 11 is 0. The Hall–Kier alpha value is -1.85. The van der Waals surface area contributed by atoms with Crippen LogP contribution >= 0.6 is 0 Å². The minimum Gasteiger partial charge on any atom is -0.396 e. The summed E-state index contributed by atoms with van der Waals surface area (Å²) in [4.78, 5) is 17.7. The molecule has 1 aromatic carbocycles. The number of hydrogen-bond donors (Lipinski definition) is 3. The first-order chi connectivity index (χ1) is 11.2. The van der Waals surface area contributed by atoms with E-state index in [1.54, 1.807) is 0 Å². The number of nitrogens with zero attached hydrogens (tertiary/aromatic N) is 1. The summed E-state index contributed by atoms with van der Waals surface area (Å²) in [6.45, 7) is 1.74. The van der Waals surface area contributed by atoms with Crippen LogP contribution in [0.4, 0.5) is 0 Å². The van der Waals surface area contributed by atoms with Crippen molar-refractivity contribution in [1.29, 1.82) is 0 Å². The van der Waals surface area contributed by atoms with Crippen LogP contribution in [-0.2, 0) is 11.2 Å². The van der Waals surface area contributed by atoms with E-state index in [9.17, 15) is 4.79 Å². The van der Waals surface area contributed by atoms with E-state index in [-0.39, 0.29) is 12.5 Å². The molecule has 1 saturated heterocycles. The Balaban J connectivity index is 1.60. The molecule has 124 valence electrons. The summed E-state index contributed by atoms with van der Waals surface area (Å²) in [6, 6.07) is 7.57. The Labute approximate surface area is 136 Å². The molecule has 1 aliphatic rings. The number of nitrogens with two attached hydrogens (primary N) is 1. The number of para-hydroxylation sites is 1. The van der Waals surface area contributed by atoms with Gasteiger partial charge in [-0.25, -0.2) is 0 Å². The van der Waals surface area contributed by atoms with Gasteiger partial charge in [-0.05, 0) is 43.2 Å². The number of amides is 1. The summed E-state index contributed by atoms with van der Waals surface area (Å²) in [5, 5.41) is 10.1. The zero-order valence-corrected chi connectivity index (χ0v) is 13.4. The van der Waals surface area contributed by atoms with Crippen LogP contribution in [0, 0.1) is 5.92 Å². The molecular formula is C18H25N3O2. The van der Waals surface area contributed by atoms with E-state index in [1.807, 2.05) is 29.3 Å². The molecule has 5 nitrogen and oxygen atoms in total. The number of likely N-dealkylation sites (tertiary alicyclic amines) is 1. The number of fused-ring (bicyclic) bond motifs is 1. The second-order valence-electron chi connectivity index (χ2n) is 6.45. The maximum Gasteiger partial charge on any atom is 0.239 e. The van der Waals surface area contributed by atoms with Gasteiger partial charge in [0.1, 0.15) is 0 Å². The molecule has 1 amide bonds. The van der Waals surface area contributed by atoms with E-state index in [1.165, 1.54) is 0 Å². The number of aromatic amines is 1. The van der Waals surface area contributed by atoms with Crippen LogP contribution in [-0.4, -0.2) is 46.6 Å². The highest BCUT2D eigenvalue weighted by molar-refractivity contribution is 5.86. The van der Waals surface area contributed by atoms with Crippen molar-refractivity contribution in [2.75, 3.05) is 19.7 Å². The van der Waals surface area contributed by atoms with Gasteiger partial charge in [-0.15, -0.1) is 0 Å². The summed E-state index contributed by atoms with van der Waals surface area (Å²) in [6.07, 6.45) is 5.27. The number of rotatable bonds is 5. The third kappa shape index (κ3) is 3.57. The lowest BCUT2D eigenvalue weighted by atomic mass is 9.93. The number of aliphatic hydroxyl groups excluding tert-OH is 1. The molecule has 0 radical (unpaired) electrons. The predicted octanol–water partition coefficient (Wildman–Crippen LogP) is 1.66. The fourth-order valence-electron chi connectivity index (χ4n) is 3.48. The number of hydrogen-bond acceptors (Lipinski definition) is 3. The third-order valence-electron chi connectivity index (χ3n) is 4.90. The van der Waals surface area contributed by atoms with E-state index in [0.29, 0.717) is 12.3 Å². The standard InChI is InChI=1S/C18H25N3O2/c19-16(11-14-12-20-17-4-2-1-3-15(14)17)18(23)21-8-5-13(6-9-21)7-10-22/h1-4,12-13,16,20,22H,5-11,19H2/t16-/m1/s1. The normalized spacial score (nSPS) is 17.6. The molecule has 0 bridgehead atoms. The van der Waals surface area contributed by atoms with Crippen molar-refractivity contribution in [1.82, 2.24) is 9.88 Å². The summed E-state index contributed by atoms with van der Waals surface area (Å²) in [5.41, 5.74) is 8.35. The molecule has 5 heteroatoms. The van der Waals surface area contributed by atoms with Gasteiger partial charge in [0, 0.05) is 36.8 Å². The van der Waals surface area contributed by atoms with Crippen molar-refractivity contribution in [3.05, 3.63) is 36.0 Å².